The minimum Gasteiger partial charge on any atom is -0.399 e. The molecule has 3 N–H and O–H groups in total. The number of nitrogens with one attached hydrogen (secondary N) is 1. The third kappa shape index (κ3) is 2.10. The number of nitrogens with two attached hydrogens (primary N) is 1. The Kier molecular flexibility index (Phi) is 3.32. The molecule has 2 aromatic rings. The van der Waals surface area contributed by atoms with Crippen LogP contribution in [0.3, 0.4) is 0 Å². The zero-order valence-corrected chi connectivity index (χ0v) is 13.4. The Labute approximate surface area is 139 Å². The maximum absolute atomic E-state index is 6.46. The number of halogens is 2. The van der Waals surface area contributed by atoms with E-state index < -0.39 is 0 Å². The van der Waals surface area contributed by atoms with E-state index >= 15 is 0 Å². The third-order valence-electron chi connectivity index (χ3n) is 4.70. The molecule has 1 aliphatic carbocycles. The first kappa shape index (κ1) is 14.0. The molecule has 0 fully saturated rings. The lowest BCUT2D eigenvalue weighted by molar-refractivity contribution is 0.426. The molecule has 2 aliphatic rings. The van der Waals surface area contributed by atoms with E-state index in [1.54, 1.807) is 0 Å². The summed E-state index contributed by atoms with van der Waals surface area (Å²) in [7, 11) is 0. The van der Waals surface area contributed by atoms with Gasteiger partial charge in [0, 0.05) is 17.3 Å². The van der Waals surface area contributed by atoms with Crippen molar-refractivity contribution >= 4 is 34.6 Å². The number of allylic oxidation sites excluding steroid dienone is 2. The molecule has 22 heavy (non-hydrogen) atoms. The van der Waals surface area contributed by atoms with Crippen LogP contribution in [0.15, 0.2) is 48.6 Å². The molecule has 0 bridgehead atoms. The van der Waals surface area contributed by atoms with Gasteiger partial charge in [-0.25, -0.2) is 0 Å². The van der Waals surface area contributed by atoms with Gasteiger partial charge in [0.2, 0.25) is 0 Å². The normalized spacial score (nSPS) is 25.5. The number of hydrogen-bond acceptors (Lipinski definition) is 2. The van der Waals surface area contributed by atoms with Gasteiger partial charge in [0.15, 0.2) is 0 Å². The summed E-state index contributed by atoms with van der Waals surface area (Å²) >= 11 is 12.7. The SMILES string of the molecule is Nc1ccc2c(c1)[C@H]1C=CC[C@H]1[C@@H](c1cccc(Cl)c1Cl)N2. The molecule has 0 radical (unpaired) electrons. The molecule has 0 aromatic heterocycles. The fourth-order valence-corrected chi connectivity index (χ4v) is 4.11. The minimum absolute atomic E-state index is 0.155. The zero-order chi connectivity index (χ0) is 15.3. The van der Waals surface area contributed by atoms with Crippen LogP contribution in [-0.4, -0.2) is 0 Å². The van der Waals surface area contributed by atoms with E-state index in [9.17, 15) is 0 Å². The van der Waals surface area contributed by atoms with Crippen LogP contribution in [0.2, 0.25) is 10.0 Å². The van der Waals surface area contributed by atoms with Crippen LogP contribution in [0.5, 0.6) is 0 Å². The van der Waals surface area contributed by atoms with E-state index in [1.165, 1.54) is 5.56 Å². The zero-order valence-electron chi connectivity index (χ0n) is 11.9. The van der Waals surface area contributed by atoms with Crippen LogP contribution in [0, 0.1) is 5.92 Å². The second kappa shape index (κ2) is 5.22. The fourth-order valence-electron chi connectivity index (χ4n) is 3.68. The lowest BCUT2D eigenvalue weighted by Gasteiger charge is -2.38. The summed E-state index contributed by atoms with van der Waals surface area (Å²) in [4.78, 5) is 0. The van der Waals surface area contributed by atoms with E-state index in [0.29, 0.717) is 21.9 Å². The topological polar surface area (TPSA) is 38.0 Å². The third-order valence-corrected chi connectivity index (χ3v) is 5.54. The number of hydrogen-bond donors (Lipinski definition) is 2. The highest BCUT2D eigenvalue weighted by Crippen LogP contribution is 2.51. The molecule has 112 valence electrons. The molecular weight excluding hydrogens is 315 g/mol. The molecule has 4 heteroatoms. The van der Waals surface area contributed by atoms with Gasteiger partial charge in [-0.15, -0.1) is 0 Å². The molecule has 1 heterocycles. The predicted molar refractivity (Wildman–Crippen MR) is 93.7 cm³/mol. The predicted octanol–water partition coefficient (Wildman–Crippen LogP) is 5.40. The Morgan fingerprint density at radius 1 is 1.09 bits per heavy atom. The van der Waals surface area contributed by atoms with Crippen LogP contribution in [0.25, 0.3) is 0 Å². The molecule has 3 atom stereocenters. The summed E-state index contributed by atoms with van der Waals surface area (Å²) in [5, 5.41) is 4.89. The molecule has 2 nitrogen and oxygen atoms in total. The lowest BCUT2D eigenvalue weighted by Crippen LogP contribution is -2.29. The molecule has 1 aliphatic heterocycles. The molecule has 0 unspecified atom stereocenters. The van der Waals surface area contributed by atoms with E-state index in [0.717, 1.165) is 23.4 Å². The fraction of sp³-hybridized carbons (Fsp3) is 0.222. The Morgan fingerprint density at radius 2 is 1.95 bits per heavy atom. The van der Waals surface area contributed by atoms with Gasteiger partial charge < -0.3 is 11.1 Å². The van der Waals surface area contributed by atoms with E-state index in [-0.39, 0.29) is 6.04 Å². The van der Waals surface area contributed by atoms with Crippen LogP contribution >= 0.6 is 23.2 Å². The van der Waals surface area contributed by atoms with Crippen LogP contribution in [-0.2, 0) is 0 Å². The molecule has 0 spiro atoms. The van der Waals surface area contributed by atoms with Crippen molar-refractivity contribution in [3.8, 4) is 0 Å². The van der Waals surface area contributed by atoms with Crippen LogP contribution in [0.4, 0.5) is 11.4 Å². The first-order valence-electron chi connectivity index (χ1n) is 7.41. The maximum Gasteiger partial charge on any atom is 0.0645 e. The second-order valence-electron chi connectivity index (χ2n) is 5.97. The van der Waals surface area contributed by atoms with Gasteiger partial charge >= 0.3 is 0 Å². The van der Waals surface area contributed by atoms with Crippen molar-refractivity contribution in [3.63, 3.8) is 0 Å². The van der Waals surface area contributed by atoms with Gasteiger partial charge in [-0.2, -0.15) is 0 Å². The Balaban J connectivity index is 1.83. The lowest BCUT2D eigenvalue weighted by atomic mass is 9.77. The maximum atomic E-state index is 6.46. The first-order chi connectivity index (χ1) is 10.6. The van der Waals surface area contributed by atoms with E-state index in [4.69, 9.17) is 28.9 Å². The average molecular weight is 331 g/mol. The monoisotopic (exact) mass is 330 g/mol. The first-order valence-corrected chi connectivity index (χ1v) is 8.17. The summed E-state index contributed by atoms with van der Waals surface area (Å²) in [6, 6.07) is 12.1. The van der Waals surface area contributed by atoms with Gasteiger partial charge in [0.25, 0.3) is 0 Å². The Morgan fingerprint density at radius 3 is 2.82 bits per heavy atom. The van der Waals surface area contributed by atoms with Gasteiger partial charge in [-0.1, -0.05) is 47.5 Å². The highest BCUT2D eigenvalue weighted by atomic mass is 35.5. The van der Waals surface area contributed by atoms with Crippen LogP contribution < -0.4 is 11.1 Å². The van der Waals surface area contributed by atoms with Crippen molar-refractivity contribution in [2.75, 3.05) is 11.1 Å². The van der Waals surface area contributed by atoms with E-state index in [2.05, 4.69) is 35.7 Å². The summed E-state index contributed by atoms with van der Waals surface area (Å²) in [6.45, 7) is 0. The molecule has 4 rings (SSSR count). The van der Waals surface area contributed by atoms with Crippen molar-refractivity contribution in [2.45, 2.75) is 18.4 Å². The highest BCUT2D eigenvalue weighted by Gasteiger charge is 2.38. The smallest absolute Gasteiger partial charge is 0.0645 e. The molecule has 0 amide bonds. The van der Waals surface area contributed by atoms with Crippen molar-refractivity contribution in [1.29, 1.82) is 0 Å². The number of nitrogen functional groups attached to an aromatic ring is 1. The number of rotatable bonds is 1. The largest absolute Gasteiger partial charge is 0.399 e. The Bertz CT molecular complexity index is 770. The number of benzene rings is 2. The van der Waals surface area contributed by atoms with Gasteiger partial charge in [0.1, 0.15) is 0 Å². The van der Waals surface area contributed by atoms with Gasteiger partial charge in [-0.05, 0) is 47.7 Å². The van der Waals surface area contributed by atoms with Crippen LogP contribution in [0.1, 0.15) is 29.5 Å². The van der Waals surface area contributed by atoms with Gasteiger partial charge in [-0.3, -0.25) is 0 Å². The number of fused-ring (bicyclic) bond motifs is 3. The quantitative estimate of drug-likeness (QED) is 0.542. The van der Waals surface area contributed by atoms with Crippen molar-refractivity contribution < 1.29 is 0 Å². The molecule has 2 aromatic carbocycles. The standard InChI is InChI=1S/C18H16Cl2N2/c19-15-6-2-5-13(17(15)20)18-12-4-1-3-11(12)14-9-10(21)7-8-16(14)22-18/h1-3,5-9,11-12,18,22H,4,21H2/t11-,12+,18-/m0/s1. The summed E-state index contributed by atoms with van der Waals surface area (Å²) in [5.74, 6) is 0.810. The van der Waals surface area contributed by atoms with Crippen molar-refractivity contribution in [1.82, 2.24) is 0 Å². The van der Waals surface area contributed by atoms with Crippen molar-refractivity contribution in [2.24, 2.45) is 5.92 Å². The highest BCUT2D eigenvalue weighted by molar-refractivity contribution is 6.42. The summed E-state index contributed by atoms with van der Waals surface area (Å²) in [5.41, 5.74) is 10.2. The van der Waals surface area contributed by atoms with E-state index in [1.807, 2.05) is 18.2 Å². The molecule has 0 saturated carbocycles. The Hall–Kier alpha value is -1.64. The molecular formula is C18H16Cl2N2. The molecule has 0 saturated heterocycles. The van der Waals surface area contributed by atoms with Crippen molar-refractivity contribution in [3.05, 3.63) is 69.7 Å². The number of anilines is 2. The minimum atomic E-state index is 0.155. The van der Waals surface area contributed by atoms with Gasteiger partial charge in [0.05, 0.1) is 16.1 Å². The average Bonchev–Trinajstić information content (AvgIpc) is 2.99. The second-order valence-corrected chi connectivity index (χ2v) is 6.75. The summed E-state index contributed by atoms with van der Waals surface area (Å²) in [6.07, 6.45) is 5.56. The summed E-state index contributed by atoms with van der Waals surface area (Å²) < 4.78 is 0.